The van der Waals surface area contributed by atoms with E-state index in [1.807, 2.05) is 24.3 Å². The van der Waals surface area contributed by atoms with E-state index in [0.29, 0.717) is 30.2 Å². The highest BCUT2D eigenvalue weighted by Crippen LogP contribution is 2.27. The van der Waals surface area contributed by atoms with Crippen LogP contribution < -0.4 is 20.1 Å². The summed E-state index contributed by atoms with van der Waals surface area (Å²) >= 11 is 0. The van der Waals surface area contributed by atoms with E-state index in [2.05, 4.69) is 10.6 Å². The Bertz CT molecular complexity index is 792. The van der Waals surface area contributed by atoms with Crippen LogP contribution in [0, 0.1) is 11.3 Å². The second-order valence-electron chi connectivity index (χ2n) is 5.33. The van der Waals surface area contributed by atoms with Crippen LogP contribution in [-0.4, -0.2) is 26.7 Å². The topological polar surface area (TPSA) is 96.5 Å². The fourth-order valence-electron chi connectivity index (χ4n) is 2.25. The zero-order valence-electron chi connectivity index (χ0n) is 14.7. The van der Waals surface area contributed by atoms with Crippen LogP contribution in [0.4, 0.5) is 0 Å². The Morgan fingerprint density at radius 3 is 2.73 bits per heavy atom. The van der Waals surface area contributed by atoms with Crippen molar-refractivity contribution >= 4 is 5.91 Å². The van der Waals surface area contributed by atoms with Gasteiger partial charge >= 0.3 is 0 Å². The van der Waals surface area contributed by atoms with Crippen molar-refractivity contribution in [3.8, 4) is 17.6 Å². The van der Waals surface area contributed by atoms with Gasteiger partial charge in [-0.15, -0.1) is 0 Å². The van der Waals surface area contributed by atoms with Crippen molar-refractivity contribution in [2.75, 3.05) is 20.8 Å². The molecule has 2 aromatic rings. The molecule has 0 fully saturated rings. The molecule has 7 nitrogen and oxygen atoms in total. The number of carbonyl (C=O) groups excluding carboxylic acids is 1. The first kappa shape index (κ1) is 18.9. The molecule has 0 saturated heterocycles. The molecule has 2 rings (SSSR count). The largest absolute Gasteiger partial charge is 0.493 e. The third kappa shape index (κ3) is 5.31. The number of nitrogens with zero attached hydrogens (tertiary/aromatic N) is 1. The molecule has 1 aromatic heterocycles. The number of rotatable bonds is 9. The molecule has 0 bridgehead atoms. The quantitative estimate of drug-likeness (QED) is 0.406. The van der Waals surface area contributed by atoms with Gasteiger partial charge < -0.3 is 24.5 Å². The average Bonchev–Trinajstić information content (AvgIpc) is 3.19. The summed E-state index contributed by atoms with van der Waals surface area (Å²) in [5.74, 6) is 1.50. The summed E-state index contributed by atoms with van der Waals surface area (Å²) in [6.07, 6.45) is 3.64. The van der Waals surface area contributed by atoms with Gasteiger partial charge in [-0.25, -0.2) is 0 Å². The summed E-state index contributed by atoms with van der Waals surface area (Å²) in [5.41, 5.74) is 1.05. The van der Waals surface area contributed by atoms with Crippen LogP contribution in [0.2, 0.25) is 0 Å². The minimum absolute atomic E-state index is 0.00358. The van der Waals surface area contributed by atoms with E-state index in [0.717, 1.165) is 5.56 Å². The fraction of sp³-hybridized carbons (Fsp3) is 0.263. The maximum Gasteiger partial charge on any atom is 0.263 e. The van der Waals surface area contributed by atoms with E-state index in [9.17, 15) is 4.79 Å². The monoisotopic (exact) mass is 355 g/mol. The molecular formula is C19H21N3O4. The molecule has 1 aromatic carbocycles. The normalized spacial score (nSPS) is 10.7. The molecule has 0 radical (unpaired) electrons. The van der Waals surface area contributed by atoms with Crippen molar-refractivity contribution in [2.45, 2.75) is 13.0 Å². The lowest BCUT2D eigenvalue weighted by Gasteiger charge is -2.09. The minimum atomic E-state index is -0.456. The number of hydrogen-bond acceptors (Lipinski definition) is 6. The van der Waals surface area contributed by atoms with Crippen molar-refractivity contribution in [1.29, 1.82) is 5.26 Å². The number of ether oxygens (including phenoxy) is 2. The standard InChI is InChI=1S/C19H21N3O4/c1-24-17-6-5-14(10-18(17)25-2)7-8-21-12-15(11-20)19(23)22-13-16-4-3-9-26-16/h3-6,9-10,12,21H,7-8,13H2,1-2H3,(H,22,23)/b15-12-. The predicted molar refractivity (Wildman–Crippen MR) is 95.5 cm³/mol. The predicted octanol–water partition coefficient (Wildman–Crippen LogP) is 2.15. The Morgan fingerprint density at radius 1 is 1.27 bits per heavy atom. The van der Waals surface area contributed by atoms with Gasteiger partial charge in [-0.05, 0) is 36.2 Å². The first-order valence-electron chi connectivity index (χ1n) is 8.03. The van der Waals surface area contributed by atoms with Crippen LogP contribution >= 0.6 is 0 Å². The van der Waals surface area contributed by atoms with E-state index in [1.165, 1.54) is 12.5 Å². The number of methoxy groups -OCH3 is 2. The number of nitriles is 1. The summed E-state index contributed by atoms with van der Waals surface area (Å²) in [6, 6.07) is 11.0. The summed E-state index contributed by atoms with van der Waals surface area (Å²) in [6.45, 7) is 0.794. The molecule has 7 heteroatoms. The van der Waals surface area contributed by atoms with Crippen LogP contribution in [0.5, 0.6) is 11.5 Å². The Kier molecular flexibility index (Phi) is 7.13. The van der Waals surface area contributed by atoms with E-state index >= 15 is 0 Å². The highest BCUT2D eigenvalue weighted by Gasteiger charge is 2.09. The van der Waals surface area contributed by atoms with Crippen LogP contribution in [-0.2, 0) is 17.8 Å². The van der Waals surface area contributed by atoms with E-state index in [-0.39, 0.29) is 12.1 Å². The van der Waals surface area contributed by atoms with Gasteiger partial charge in [-0.1, -0.05) is 6.07 Å². The van der Waals surface area contributed by atoms with Gasteiger partial charge in [0.1, 0.15) is 17.4 Å². The Hall–Kier alpha value is -3.40. The van der Waals surface area contributed by atoms with Gasteiger partial charge in [0.15, 0.2) is 11.5 Å². The molecule has 26 heavy (non-hydrogen) atoms. The Balaban J connectivity index is 1.83. The van der Waals surface area contributed by atoms with Crippen LogP contribution in [0.1, 0.15) is 11.3 Å². The molecule has 2 N–H and O–H groups in total. The molecule has 0 aliphatic rings. The smallest absolute Gasteiger partial charge is 0.263 e. The number of amides is 1. The Labute approximate surface area is 152 Å². The summed E-state index contributed by atoms with van der Waals surface area (Å²) in [7, 11) is 3.17. The van der Waals surface area contributed by atoms with Gasteiger partial charge in [0.25, 0.3) is 5.91 Å². The van der Waals surface area contributed by atoms with E-state index in [1.54, 1.807) is 26.4 Å². The summed E-state index contributed by atoms with van der Waals surface area (Å²) in [5, 5.41) is 14.7. The molecule has 0 spiro atoms. The molecule has 0 atom stereocenters. The lowest BCUT2D eigenvalue weighted by atomic mass is 10.1. The second-order valence-corrected chi connectivity index (χ2v) is 5.33. The highest BCUT2D eigenvalue weighted by molar-refractivity contribution is 5.97. The zero-order chi connectivity index (χ0) is 18.8. The first-order valence-corrected chi connectivity index (χ1v) is 8.03. The SMILES string of the molecule is COc1ccc(CCN/C=C(/C#N)C(=O)NCc2ccco2)cc1OC. The van der Waals surface area contributed by atoms with Crippen molar-refractivity contribution in [2.24, 2.45) is 0 Å². The zero-order valence-corrected chi connectivity index (χ0v) is 14.7. The summed E-state index contributed by atoms with van der Waals surface area (Å²) in [4.78, 5) is 12.0. The van der Waals surface area contributed by atoms with Gasteiger partial charge in [0.2, 0.25) is 0 Å². The van der Waals surface area contributed by atoms with E-state index in [4.69, 9.17) is 19.2 Å². The average molecular weight is 355 g/mol. The minimum Gasteiger partial charge on any atom is -0.493 e. The lowest BCUT2D eigenvalue weighted by Crippen LogP contribution is -2.25. The number of hydrogen-bond donors (Lipinski definition) is 2. The molecule has 0 saturated carbocycles. The molecular weight excluding hydrogens is 334 g/mol. The van der Waals surface area contributed by atoms with Gasteiger partial charge in [-0.2, -0.15) is 5.26 Å². The van der Waals surface area contributed by atoms with Crippen LogP contribution in [0.15, 0.2) is 52.8 Å². The number of furan rings is 1. The number of benzene rings is 1. The van der Waals surface area contributed by atoms with Gasteiger partial charge in [0.05, 0.1) is 27.0 Å². The van der Waals surface area contributed by atoms with Crippen molar-refractivity contribution in [1.82, 2.24) is 10.6 Å². The Morgan fingerprint density at radius 2 is 2.08 bits per heavy atom. The van der Waals surface area contributed by atoms with Crippen molar-refractivity contribution in [3.63, 3.8) is 0 Å². The van der Waals surface area contributed by atoms with Crippen molar-refractivity contribution < 1.29 is 18.7 Å². The molecule has 136 valence electrons. The molecule has 0 aliphatic heterocycles. The third-order valence-corrected chi connectivity index (χ3v) is 3.62. The van der Waals surface area contributed by atoms with Crippen LogP contribution in [0.3, 0.4) is 0 Å². The maximum atomic E-state index is 12.0. The molecule has 1 amide bonds. The number of nitrogens with one attached hydrogen (secondary N) is 2. The summed E-state index contributed by atoms with van der Waals surface area (Å²) < 4.78 is 15.6. The van der Waals surface area contributed by atoms with Gasteiger partial charge in [0, 0.05) is 12.7 Å². The molecule has 0 unspecified atom stereocenters. The molecule has 1 heterocycles. The highest BCUT2D eigenvalue weighted by atomic mass is 16.5. The lowest BCUT2D eigenvalue weighted by molar-refractivity contribution is -0.117. The van der Waals surface area contributed by atoms with E-state index < -0.39 is 5.91 Å². The van der Waals surface area contributed by atoms with Gasteiger partial charge in [-0.3, -0.25) is 4.79 Å². The first-order chi connectivity index (χ1) is 12.7. The number of carbonyl (C=O) groups is 1. The fourth-order valence-corrected chi connectivity index (χ4v) is 2.25. The second kappa shape index (κ2) is 9.79. The third-order valence-electron chi connectivity index (χ3n) is 3.62. The molecule has 0 aliphatic carbocycles. The van der Waals surface area contributed by atoms with Crippen LogP contribution in [0.25, 0.3) is 0 Å². The van der Waals surface area contributed by atoms with Crippen molar-refractivity contribution in [3.05, 3.63) is 59.7 Å². The maximum absolute atomic E-state index is 12.0.